The van der Waals surface area contributed by atoms with E-state index in [0.29, 0.717) is 22.8 Å². The molecule has 0 amide bonds. The number of thioether (sulfide) groups is 1. The molecule has 0 aromatic heterocycles. The molecule has 2 rings (SSSR count). The van der Waals surface area contributed by atoms with Crippen LogP contribution in [0, 0.1) is 0 Å². The summed E-state index contributed by atoms with van der Waals surface area (Å²) in [6.45, 7) is 0. The number of hydrogen-bond acceptors (Lipinski definition) is 3. The Labute approximate surface area is 103 Å². The molecule has 84 valence electrons. The maximum atomic E-state index is 11.6. The lowest BCUT2D eigenvalue weighted by atomic mass is 10.1. The molecule has 16 heavy (non-hydrogen) atoms. The predicted molar refractivity (Wildman–Crippen MR) is 65.8 cm³/mol. The van der Waals surface area contributed by atoms with Crippen LogP contribution in [0.4, 0.5) is 0 Å². The van der Waals surface area contributed by atoms with Gasteiger partial charge in [-0.2, -0.15) is 0 Å². The van der Waals surface area contributed by atoms with Crippen LogP contribution in [0.1, 0.15) is 19.3 Å². The largest absolute Gasteiger partial charge is 0.511 e. The standard InChI is InChI=1S/C12H11ClO2S/c13-8-4-6-9(7-5-8)16-12-10(14)2-1-3-11(12)15/h4-7,14H,1-3H2. The Bertz CT molecular complexity index is 437. The summed E-state index contributed by atoms with van der Waals surface area (Å²) in [7, 11) is 0. The number of benzene rings is 1. The van der Waals surface area contributed by atoms with E-state index >= 15 is 0 Å². The molecule has 0 heterocycles. The van der Waals surface area contributed by atoms with Gasteiger partial charge in [-0.1, -0.05) is 23.4 Å². The van der Waals surface area contributed by atoms with Crippen molar-refractivity contribution in [1.29, 1.82) is 0 Å². The summed E-state index contributed by atoms with van der Waals surface area (Å²) >= 11 is 7.09. The van der Waals surface area contributed by atoms with Gasteiger partial charge in [0.05, 0.1) is 4.91 Å². The monoisotopic (exact) mass is 254 g/mol. The number of Topliss-reactive ketones (excluding diaryl/α,β-unsaturated/α-hetero) is 1. The predicted octanol–water partition coefficient (Wildman–Crippen LogP) is 3.95. The number of allylic oxidation sites excluding steroid dienone is 2. The molecule has 0 radical (unpaired) electrons. The Balaban J connectivity index is 2.20. The number of carbonyl (C=O) groups excluding carboxylic acids is 1. The number of hydrogen-bond donors (Lipinski definition) is 1. The number of carbonyl (C=O) groups is 1. The van der Waals surface area contributed by atoms with Crippen LogP contribution in [-0.2, 0) is 4.79 Å². The molecule has 0 aliphatic heterocycles. The second-order valence-corrected chi connectivity index (χ2v) is 5.13. The van der Waals surface area contributed by atoms with E-state index < -0.39 is 0 Å². The average molecular weight is 255 g/mol. The van der Waals surface area contributed by atoms with Crippen molar-refractivity contribution in [2.45, 2.75) is 24.2 Å². The van der Waals surface area contributed by atoms with Crippen LogP contribution in [0.3, 0.4) is 0 Å². The molecule has 0 fully saturated rings. The molecule has 0 bridgehead atoms. The van der Waals surface area contributed by atoms with E-state index in [0.717, 1.165) is 11.3 Å². The van der Waals surface area contributed by atoms with Crippen LogP contribution < -0.4 is 0 Å². The molecule has 1 aromatic rings. The fourth-order valence-electron chi connectivity index (χ4n) is 1.54. The third-order valence-electron chi connectivity index (χ3n) is 2.37. The first-order valence-electron chi connectivity index (χ1n) is 5.05. The Kier molecular flexibility index (Phi) is 3.56. The molecule has 4 heteroatoms. The van der Waals surface area contributed by atoms with Gasteiger partial charge < -0.3 is 5.11 Å². The van der Waals surface area contributed by atoms with E-state index in [2.05, 4.69) is 0 Å². The van der Waals surface area contributed by atoms with E-state index in [-0.39, 0.29) is 11.5 Å². The SMILES string of the molecule is O=C1CCCC(O)=C1Sc1ccc(Cl)cc1. The highest BCUT2D eigenvalue weighted by molar-refractivity contribution is 8.04. The average Bonchev–Trinajstić information content (AvgIpc) is 2.26. The second-order valence-electron chi connectivity index (χ2n) is 3.61. The smallest absolute Gasteiger partial charge is 0.172 e. The van der Waals surface area contributed by atoms with Crippen molar-refractivity contribution >= 4 is 29.1 Å². The van der Waals surface area contributed by atoms with E-state index in [1.165, 1.54) is 11.8 Å². The Morgan fingerprint density at radius 3 is 2.50 bits per heavy atom. The number of aliphatic hydroxyl groups excluding tert-OH is 1. The quantitative estimate of drug-likeness (QED) is 0.868. The normalized spacial score (nSPS) is 16.7. The van der Waals surface area contributed by atoms with Crippen molar-refractivity contribution in [2.75, 3.05) is 0 Å². The van der Waals surface area contributed by atoms with Crippen LogP contribution in [0.25, 0.3) is 0 Å². The summed E-state index contributed by atoms with van der Waals surface area (Å²) in [6, 6.07) is 7.23. The van der Waals surface area contributed by atoms with Crippen LogP contribution >= 0.6 is 23.4 Å². The highest BCUT2D eigenvalue weighted by atomic mass is 35.5. The lowest BCUT2D eigenvalue weighted by Gasteiger charge is -2.14. The summed E-state index contributed by atoms with van der Waals surface area (Å²) in [5.41, 5.74) is 0. The van der Waals surface area contributed by atoms with Crippen LogP contribution in [0.5, 0.6) is 0 Å². The van der Waals surface area contributed by atoms with Crippen molar-refractivity contribution in [2.24, 2.45) is 0 Å². The molecule has 1 N–H and O–H groups in total. The zero-order chi connectivity index (χ0) is 11.5. The number of rotatable bonds is 2. The van der Waals surface area contributed by atoms with Crippen molar-refractivity contribution < 1.29 is 9.90 Å². The summed E-state index contributed by atoms with van der Waals surface area (Å²) in [4.78, 5) is 13.0. The molecule has 0 spiro atoms. The maximum Gasteiger partial charge on any atom is 0.172 e. The summed E-state index contributed by atoms with van der Waals surface area (Å²) in [5, 5.41) is 10.3. The first-order chi connectivity index (χ1) is 7.66. The van der Waals surface area contributed by atoms with Crippen LogP contribution in [0.2, 0.25) is 5.02 Å². The van der Waals surface area contributed by atoms with Crippen molar-refractivity contribution in [1.82, 2.24) is 0 Å². The molecule has 0 atom stereocenters. The van der Waals surface area contributed by atoms with Crippen LogP contribution in [0.15, 0.2) is 39.8 Å². The zero-order valence-electron chi connectivity index (χ0n) is 8.57. The minimum Gasteiger partial charge on any atom is -0.511 e. The van der Waals surface area contributed by atoms with Gasteiger partial charge in [0.2, 0.25) is 0 Å². The highest BCUT2D eigenvalue weighted by Crippen LogP contribution is 2.34. The molecular formula is C12H11ClO2S. The minimum atomic E-state index is 0.0312. The molecule has 2 nitrogen and oxygen atoms in total. The number of halogens is 1. The lowest BCUT2D eigenvalue weighted by molar-refractivity contribution is -0.115. The molecule has 1 aliphatic rings. The topological polar surface area (TPSA) is 37.3 Å². The Hall–Kier alpha value is -0.930. The summed E-state index contributed by atoms with van der Waals surface area (Å²) in [5.74, 6) is 0.250. The van der Waals surface area contributed by atoms with Crippen molar-refractivity contribution in [3.63, 3.8) is 0 Å². The third-order valence-corrected chi connectivity index (χ3v) is 3.79. The van der Waals surface area contributed by atoms with E-state index in [1.807, 2.05) is 12.1 Å². The first kappa shape index (κ1) is 11.6. The van der Waals surface area contributed by atoms with Crippen LogP contribution in [-0.4, -0.2) is 10.9 Å². The fraction of sp³-hybridized carbons (Fsp3) is 0.250. The third kappa shape index (κ3) is 2.60. The van der Waals surface area contributed by atoms with Gasteiger partial charge in [-0.25, -0.2) is 0 Å². The highest BCUT2D eigenvalue weighted by Gasteiger charge is 2.21. The molecular weight excluding hydrogens is 244 g/mol. The molecule has 1 aromatic carbocycles. The molecule has 0 saturated heterocycles. The molecule has 0 saturated carbocycles. The van der Waals surface area contributed by atoms with Crippen molar-refractivity contribution in [3.8, 4) is 0 Å². The van der Waals surface area contributed by atoms with Gasteiger partial charge >= 0.3 is 0 Å². The number of ketones is 1. The zero-order valence-corrected chi connectivity index (χ0v) is 10.1. The van der Waals surface area contributed by atoms with Gasteiger partial charge in [0.25, 0.3) is 0 Å². The van der Waals surface area contributed by atoms with E-state index in [1.54, 1.807) is 12.1 Å². The van der Waals surface area contributed by atoms with Gasteiger partial charge in [-0.3, -0.25) is 4.79 Å². The summed E-state index contributed by atoms with van der Waals surface area (Å²) < 4.78 is 0. The lowest BCUT2D eigenvalue weighted by Crippen LogP contribution is -2.08. The van der Waals surface area contributed by atoms with Gasteiger partial charge in [0, 0.05) is 22.8 Å². The van der Waals surface area contributed by atoms with Gasteiger partial charge in [0.1, 0.15) is 5.76 Å². The minimum absolute atomic E-state index is 0.0312. The van der Waals surface area contributed by atoms with Gasteiger partial charge in [-0.05, 0) is 30.7 Å². The summed E-state index contributed by atoms with van der Waals surface area (Å²) in [6.07, 6.45) is 1.87. The Morgan fingerprint density at radius 2 is 1.88 bits per heavy atom. The maximum absolute atomic E-state index is 11.6. The number of aliphatic hydroxyl groups is 1. The van der Waals surface area contributed by atoms with Crippen molar-refractivity contribution in [3.05, 3.63) is 40.0 Å². The first-order valence-corrected chi connectivity index (χ1v) is 6.25. The Morgan fingerprint density at radius 1 is 1.19 bits per heavy atom. The van der Waals surface area contributed by atoms with Gasteiger partial charge in [-0.15, -0.1) is 0 Å². The van der Waals surface area contributed by atoms with Gasteiger partial charge in [0.15, 0.2) is 5.78 Å². The van der Waals surface area contributed by atoms with E-state index in [4.69, 9.17) is 11.6 Å². The second kappa shape index (κ2) is 4.93. The molecule has 1 aliphatic carbocycles. The molecule has 0 unspecified atom stereocenters. The fourth-order valence-corrected chi connectivity index (χ4v) is 2.61. The van der Waals surface area contributed by atoms with E-state index in [9.17, 15) is 9.90 Å².